The van der Waals surface area contributed by atoms with E-state index in [4.69, 9.17) is 4.74 Å². The molecule has 0 radical (unpaired) electrons. The van der Waals surface area contributed by atoms with Gasteiger partial charge in [-0.3, -0.25) is 0 Å². The van der Waals surface area contributed by atoms with Crippen LogP contribution in [0.5, 0.6) is 0 Å². The van der Waals surface area contributed by atoms with Crippen LogP contribution in [0.4, 0.5) is 0 Å². The molecular weight excluding hydrogens is 514 g/mol. The van der Waals surface area contributed by atoms with Crippen molar-refractivity contribution in [1.29, 1.82) is 0 Å². The zero-order chi connectivity index (χ0) is 31.9. The third kappa shape index (κ3) is 7.17. The van der Waals surface area contributed by atoms with Crippen LogP contribution < -0.4 is 15.0 Å². The van der Waals surface area contributed by atoms with Crippen LogP contribution in [0.1, 0.15) is 90.0 Å². The molecule has 0 spiro atoms. The molecule has 3 rings (SSSR count). The number of allylic oxidation sites excluding steroid dienone is 8. The molecule has 0 bridgehead atoms. The number of hydrogen-bond donors (Lipinski definition) is 1. The van der Waals surface area contributed by atoms with E-state index < -0.39 is 5.72 Å². The molecule has 0 saturated carbocycles. The third-order valence-electron chi connectivity index (χ3n) is 7.80. The van der Waals surface area contributed by atoms with Crippen molar-refractivity contribution in [2.45, 2.75) is 95.7 Å². The first-order valence-corrected chi connectivity index (χ1v) is 15.1. The summed E-state index contributed by atoms with van der Waals surface area (Å²) >= 11 is 0. The molecule has 2 aromatic rings. The summed E-state index contributed by atoms with van der Waals surface area (Å²) in [6.45, 7) is 32.2. The predicted octanol–water partition coefficient (Wildman–Crippen LogP) is 8.94. The fourth-order valence-corrected chi connectivity index (χ4v) is 4.65. The molecule has 0 aliphatic carbocycles. The molecule has 1 aromatic heterocycles. The van der Waals surface area contributed by atoms with E-state index in [0.717, 1.165) is 38.2 Å². The average molecular weight is 569 g/mol. The SMILES string of the molecule is C=C(/C=C(\O[C@]1(/C=C(\C=C(/O)C(C)(C)C)C(C)(C)C)C=c2/c(=C\C=C/C)ccc3ccc[n+]1c23)C(C)(C)C)C(C)(C)C. The van der Waals surface area contributed by atoms with Gasteiger partial charge in [0.25, 0.3) is 0 Å². The molecule has 0 amide bonds. The van der Waals surface area contributed by atoms with E-state index in [9.17, 15) is 5.11 Å². The van der Waals surface area contributed by atoms with Crippen molar-refractivity contribution < 1.29 is 14.4 Å². The van der Waals surface area contributed by atoms with Gasteiger partial charge in [-0.2, -0.15) is 0 Å². The van der Waals surface area contributed by atoms with Crippen molar-refractivity contribution in [3.05, 3.63) is 101 Å². The van der Waals surface area contributed by atoms with E-state index in [1.807, 2.05) is 39.8 Å². The quantitative estimate of drug-likeness (QED) is 0.214. The minimum Gasteiger partial charge on any atom is -0.512 e. The number of aliphatic hydroxyl groups excluding tert-OH is 1. The minimum atomic E-state index is -0.990. The molecular formula is C39H54NO2+. The van der Waals surface area contributed by atoms with Crippen LogP contribution in [0, 0.1) is 21.7 Å². The first-order valence-electron chi connectivity index (χ1n) is 15.1. The van der Waals surface area contributed by atoms with Gasteiger partial charge in [0.05, 0.1) is 11.0 Å². The summed E-state index contributed by atoms with van der Waals surface area (Å²) in [5, 5.41) is 14.6. The highest BCUT2D eigenvalue weighted by molar-refractivity contribution is 5.79. The van der Waals surface area contributed by atoms with E-state index in [1.165, 1.54) is 0 Å². The maximum atomic E-state index is 11.2. The van der Waals surface area contributed by atoms with E-state index in [-0.39, 0.29) is 21.7 Å². The summed E-state index contributed by atoms with van der Waals surface area (Å²) in [6.07, 6.45) is 16.9. The second kappa shape index (κ2) is 11.4. The van der Waals surface area contributed by atoms with E-state index >= 15 is 0 Å². The number of pyridine rings is 1. The zero-order valence-electron chi connectivity index (χ0n) is 28.4. The summed E-state index contributed by atoms with van der Waals surface area (Å²) in [5.41, 5.74) is 1.07. The molecule has 2 heterocycles. The molecule has 1 N–H and O–H groups in total. The summed E-state index contributed by atoms with van der Waals surface area (Å²) in [7, 11) is 0. The first-order chi connectivity index (χ1) is 19.1. The number of rotatable bonds is 6. The fraction of sp³-hybridized carbons (Fsp3) is 0.462. The Bertz CT molecular complexity index is 1600. The number of hydrogen-bond acceptors (Lipinski definition) is 2. The van der Waals surface area contributed by atoms with Gasteiger partial charge in [0.1, 0.15) is 5.76 Å². The molecule has 1 atom stereocenters. The molecule has 1 aliphatic heterocycles. The van der Waals surface area contributed by atoms with Gasteiger partial charge in [0.15, 0.2) is 6.20 Å². The topological polar surface area (TPSA) is 33.3 Å². The lowest BCUT2D eigenvalue weighted by atomic mass is 9.81. The van der Waals surface area contributed by atoms with Crippen molar-refractivity contribution in [3.63, 3.8) is 0 Å². The number of aliphatic hydroxyl groups is 1. The maximum absolute atomic E-state index is 11.2. The van der Waals surface area contributed by atoms with Gasteiger partial charge in [0, 0.05) is 34.4 Å². The maximum Gasteiger partial charge on any atom is 0.353 e. The van der Waals surface area contributed by atoms with Gasteiger partial charge >= 0.3 is 5.72 Å². The zero-order valence-corrected chi connectivity index (χ0v) is 28.4. The highest BCUT2D eigenvalue weighted by Crippen LogP contribution is 2.40. The van der Waals surface area contributed by atoms with Gasteiger partial charge in [-0.1, -0.05) is 114 Å². The lowest BCUT2D eigenvalue weighted by Crippen LogP contribution is -2.54. The van der Waals surface area contributed by atoms with Crippen LogP contribution >= 0.6 is 0 Å². The molecule has 0 fully saturated rings. The molecule has 0 saturated heterocycles. The Morgan fingerprint density at radius 1 is 0.857 bits per heavy atom. The molecule has 0 unspecified atom stereocenters. The lowest BCUT2D eigenvalue weighted by molar-refractivity contribution is -0.750. The number of benzene rings is 1. The van der Waals surface area contributed by atoms with Gasteiger partial charge in [0.2, 0.25) is 5.52 Å². The second-order valence-electron chi connectivity index (χ2n) is 15.7. The Labute approximate surface area is 255 Å². The van der Waals surface area contributed by atoms with Crippen molar-refractivity contribution in [1.82, 2.24) is 0 Å². The normalized spacial score (nSPS) is 19.5. The van der Waals surface area contributed by atoms with Crippen molar-refractivity contribution in [2.24, 2.45) is 21.7 Å². The largest absolute Gasteiger partial charge is 0.512 e. The van der Waals surface area contributed by atoms with Crippen LogP contribution in [-0.4, -0.2) is 5.11 Å². The van der Waals surface area contributed by atoms with Crippen molar-refractivity contribution >= 4 is 23.1 Å². The van der Waals surface area contributed by atoms with E-state index in [2.05, 4.69) is 134 Å². The van der Waals surface area contributed by atoms with Gasteiger partial charge in [-0.15, -0.1) is 4.57 Å². The second-order valence-corrected chi connectivity index (χ2v) is 15.7. The van der Waals surface area contributed by atoms with Crippen molar-refractivity contribution in [3.8, 4) is 0 Å². The fourth-order valence-electron chi connectivity index (χ4n) is 4.65. The Morgan fingerprint density at radius 2 is 1.50 bits per heavy atom. The van der Waals surface area contributed by atoms with Gasteiger partial charge in [-0.25, -0.2) is 0 Å². The van der Waals surface area contributed by atoms with Gasteiger partial charge < -0.3 is 9.84 Å². The van der Waals surface area contributed by atoms with E-state index in [0.29, 0.717) is 5.76 Å². The van der Waals surface area contributed by atoms with Crippen LogP contribution in [0.25, 0.3) is 23.1 Å². The summed E-state index contributed by atoms with van der Waals surface area (Å²) in [5.74, 6) is 1.19. The van der Waals surface area contributed by atoms with Crippen LogP contribution in [0.15, 0.2) is 90.1 Å². The summed E-state index contributed by atoms with van der Waals surface area (Å²) < 4.78 is 9.59. The molecule has 1 aromatic carbocycles. The summed E-state index contributed by atoms with van der Waals surface area (Å²) in [4.78, 5) is 0. The number of aromatic nitrogens is 1. The summed E-state index contributed by atoms with van der Waals surface area (Å²) in [6, 6.07) is 8.59. The number of nitrogens with zero attached hydrogens (tertiary/aromatic N) is 1. The molecule has 42 heavy (non-hydrogen) atoms. The first kappa shape index (κ1) is 33.2. The number of ether oxygens (including phenoxy) is 1. The van der Waals surface area contributed by atoms with Crippen LogP contribution in [0.2, 0.25) is 0 Å². The Morgan fingerprint density at radius 3 is 2.02 bits per heavy atom. The Balaban J connectivity index is 2.54. The van der Waals surface area contributed by atoms with Crippen molar-refractivity contribution in [2.75, 3.05) is 0 Å². The predicted molar refractivity (Wildman–Crippen MR) is 180 cm³/mol. The highest BCUT2D eigenvalue weighted by atomic mass is 16.5. The monoisotopic (exact) mass is 568 g/mol. The molecule has 3 heteroatoms. The molecule has 1 aliphatic rings. The third-order valence-corrected chi connectivity index (χ3v) is 7.80. The lowest BCUT2D eigenvalue weighted by Gasteiger charge is -2.33. The van der Waals surface area contributed by atoms with Crippen LogP contribution in [-0.2, 0) is 10.5 Å². The smallest absolute Gasteiger partial charge is 0.353 e. The van der Waals surface area contributed by atoms with Gasteiger partial charge in [-0.05, 0) is 58.4 Å². The average Bonchev–Trinajstić information content (AvgIpc) is 3.16. The molecule has 226 valence electrons. The van der Waals surface area contributed by atoms with E-state index in [1.54, 1.807) is 0 Å². The Kier molecular flexibility index (Phi) is 9.00. The highest BCUT2D eigenvalue weighted by Gasteiger charge is 2.47. The standard InChI is InChI=1S/C39H53NO2/c1-15-16-18-28-20-21-29-19-17-22-40-34(29)31(28)26-39(40,25-30(36(6,7)8)24-32(41)37(9,10)11)42-33(38(12,13)14)23-27(2)35(3,4)5/h15-26H,2H2,1,3-14H3/p+1/b16-15-,28-18-,30-25+,32-24-,33-23-/t39-/m1/s1. The molecule has 3 nitrogen and oxygen atoms in total. The van der Waals surface area contributed by atoms with Crippen LogP contribution in [0.3, 0.4) is 0 Å². The minimum absolute atomic E-state index is 0.106. The Hall–Kier alpha value is -3.33.